The first-order chi connectivity index (χ1) is 31.7. The molecule has 18 heteroatoms. The highest BCUT2D eigenvalue weighted by Gasteiger charge is 2.24. The predicted molar refractivity (Wildman–Crippen MR) is 267 cm³/mol. The number of methoxy groups -OCH3 is 1. The van der Waals surface area contributed by atoms with Gasteiger partial charge in [-0.05, 0) is 150 Å². The number of hydrogen-bond donors (Lipinski definition) is 0. The largest absolute Gasteiger partial charge is 0.519 e. The summed E-state index contributed by atoms with van der Waals surface area (Å²) in [5.74, 6) is 0.433. The van der Waals surface area contributed by atoms with Crippen LogP contribution in [0.25, 0.3) is 0 Å². The first-order valence-corrected chi connectivity index (χ1v) is 24.4. The summed E-state index contributed by atoms with van der Waals surface area (Å²) in [4.78, 5) is 73.7. The van der Waals surface area contributed by atoms with E-state index in [1.807, 2.05) is 111 Å². The number of carbonyl (C=O) groups is 6. The van der Waals surface area contributed by atoms with E-state index >= 15 is 0 Å². The van der Waals surface area contributed by atoms with Crippen molar-refractivity contribution in [3.8, 4) is 0 Å². The lowest BCUT2D eigenvalue weighted by Crippen LogP contribution is -2.25. The second-order valence-electron chi connectivity index (χ2n) is 17.7. The number of hydrogen-bond acceptors (Lipinski definition) is 18. The molecule has 1 aromatic rings. The molecule has 1 saturated carbocycles. The van der Waals surface area contributed by atoms with Gasteiger partial charge in [-0.25, -0.2) is 19.2 Å². The van der Waals surface area contributed by atoms with Gasteiger partial charge >= 0.3 is 42.2 Å². The van der Waals surface area contributed by atoms with Crippen molar-refractivity contribution in [1.82, 2.24) is 0 Å². The first-order valence-electron chi connectivity index (χ1n) is 24.4. The molecule has 1 saturated heterocycles. The van der Waals surface area contributed by atoms with Crippen molar-refractivity contribution in [3.05, 3.63) is 22.1 Å². The molecule has 2 aliphatic rings. The molecule has 1 aliphatic carbocycles. The van der Waals surface area contributed by atoms with Gasteiger partial charge < -0.3 is 51.5 Å². The summed E-state index contributed by atoms with van der Waals surface area (Å²) < 4.78 is 51.9. The molecule has 3 rings (SSSR count). The SMILES string of the molecule is CC.CC.CC(=O)OC(C)C.CC(C)OC(=O)C(C)(C)C.CC(C)OC(=O)OC(C)C.CC(C)OC(=O)OC1CCCCC1.CC1CCC(=O)O1.COC(=O)OC(C)C.Cc1oc(=O)oc1C(C)C. The minimum Gasteiger partial charge on any atom is -0.463 e. The molecule has 18 nitrogen and oxygen atoms in total. The van der Waals surface area contributed by atoms with E-state index in [2.05, 4.69) is 18.6 Å². The van der Waals surface area contributed by atoms with Crippen molar-refractivity contribution in [2.45, 2.75) is 266 Å². The topological polar surface area (TPSA) is 229 Å². The minimum atomic E-state index is -0.625. The van der Waals surface area contributed by atoms with Crippen LogP contribution in [-0.4, -0.2) is 92.3 Å². The van der Waals surface area contributed by atoms with E-state index in [4.69, 9.17) is 32.8 Å². The van der Waals surface area contributed by atoms with Gasteiger partial charge in [0.05, 0.1) is 55.3 Å². The van der Waals surface area contributed by atoms with Gasteiger partial charge in [0.25, 0.3) is 0 Å². The second kappa shape index (κ2) is 45.7. The maximum absolute atomic E-state index is 11.1. The molecule has 1 aliphatic heterocycles. The predicted octanol–water partition coefficient (Wildman–Crippen LogP) is 13.4. The monoisotopic (exact) mass is 999 g/mol. The summed E-state index contributed by atoms with van der Waals surface area (Å²) in [6, 6.07) is 0. The van der Waals surface area contributed by atoms with Crippen molar-refractivity contribution in [3.63, 3.8) is 0 Å². The standard InChI is InChI=1S/C10H18O3.C8H16O2.C7H10O3.C7H14O3.C5H10O3.C5H8O2.C5H10O2.2C2H6/c1-8(2)12-10(11)13-9-6-4-3-5-7-9;1-6(2)10-7(9)8(3,4)5;1-4(2)6-5(3)9-7(8)10-6;1-5(2)9-7(8)10-6(3)4;1-4(2)8-5(6)7-3;1-4-2-3-5(6)7-4;1-4(2)7-5(3)6;2*1-2/h8-9H,3-7H2,1-2H3;6H,1-5H3;4H,1-3H3;5-6H,1-4H3;4H,1-3H3;4H,2-3H2,1H3;4H,1-3H3;2*1-2H3. The third kappa shape index (κ3) is 57.5. The highest BCUT2D eigenvalue weighted by Crippen LogP contribution is 2.21. The summed E-state index contributed by atoms with van der Waals surface area (Å²) in [6.07, 6.45) is 5.26. The molecule has 0 radical (unpaired) electrons. The Bertz CT molecular complexity index is 1480. The van der Waals surface area contributed by atoms with Crippen LogP contribution in [0, 0.1) is 12.3 Å². The second-order valence-corrected chi connectivity index (χ2v) is 17.7. The van der Waals surface area contributed by atoms with Gasteiger partial charge in [-0.1, -0.05) is 48.0 Å². The summed E-state index contributed by atoms with van der Waals surface area (Å²) in [5.41, 5.74) is -0.371. The fraction of sp³-hybridized carbons (Fsp3) is 0.824. The van der Waals surface area contributed by atoms with Crippen LogP contribution >= 0.6 is 0 Å². The van der Waals surface area contributed by atoms with Gasteiger partial charge in [-0.15, -0.1) is 0 Å². The Hall–Kier alpha value is -4.77. The number of ether oxygens (including phenoxy) is 9. The van der Waals surface area contributed by atoms with E-state index in [9.17, 15) is 33.6 Å². The van der Waals surface area contributed by atoms with Gasteiger partial charge in [0.15, 0.2) is 5.76 Å². The molecule has 1 aromatic heterocycles. The Morgan fingerprint density at radius 3 is 1.16 bits per heavy atom. The molecule has 1 atom stereocenters. The lowest BCUT2D eigenvalue weighted by molar-refractivity contribution is -0.156. The molecule has 410 valence electrons. The Kier molecular flexibility index (Phi) is 50.1. The maximum Gasteiger partial charge on any atom is 0.519 e. The van der Waals surface area contributed by atoms with Crippen LogP contribution in [0.5, 0.6) is 0 Å². The Morgan fingerprint density at radius 2 is 0.957 bits per heavy atom. The smallest absolute Gasteiger partial charge is 0.463 e. The Balaban J connectivity index is -0.000000167. The van der Waals surface area contributed by atoms with Crippen LogP contribution in [0.4, 0.5) is 14.4 Å². The summed E-state index contributed by atoms with van der Waals surface area (Å²) in [6.45, 7) is 44.1. The van der Waals surface area contributed by atoms with Crippen molar-refractivity contribution in [2.75, 3.05) is 7.11 Å². The molecule has 0 spiro atoms. The minimum absolute atomic E-state index is 0.00766. The molecule has 2 fully saturated rings. The van der Waals surface area contributed by atoms with Gasteiger partial charge in [0.1, 0.15) is 11.9 Å². The van der Waals surface area contributed by atoms with Crippen molar-refractivity contribution in [2.24, 2.45) is 5.41 Å². The number of cyclic esters (lactones) is 1. The number of aryl methyl sites for hydroxylation is 1. The molecule has 69 heavy (non-hydrogen) atoms. The fourth-order valence-corrected chi connectivity index (χ4v) is 4.46. The lowest BCUT2D eigenvalue weighted by atomic mass is 9.97. The molecule has 2 heterocycles. The molecule has 0 N–H and O–H groups in total. The lowest BCUT2D eigenvalue weighted by Gasteiger charge is -2.21. The number of carbonyl (C=O) groups excluding carboxylic acids is 6. The van der Waals surface area contributed by atoms with Gasteiger partial charge in [-0.2, -0.15) is 0 Å². The average molecular weight is 999 g/mol. The summed E-state index contributed by atoms with van der Waals surface area (Å²) >= 11 is 0. The number of esters is 3. The van der Waals surface area contributed by atoms with E-state index in [1.54, 1.807) is 48.5 Å². The van der Waals surface area contributed by atoms with Crippen molar-refractivity contribution in [1.29, 1.82) is 0 Å². The summed E-state index contributed by atoms with van der Waals surface area (Å²) in [7, 11) is 1.28. The van der Waals surface area contributed by atoms with Crippen LogP contribution in [0.15, 0.2) is 13.6 Å². The molecular formula is C51H98O18. The van der Waals surface area contributed by atoms with Crippen LogP contribution in [0.3, 0.4) is 0 Å². The first kappa shape index (κ1) is 75.7. The van der Waals surface area contributed by atoms with Crippen LogP contribution in [0.2, 0.25) is 0 Å². The van der Waals surface area contributed by atoms with Crippen LogP contribution < -0.4 is 5.82 Å². The zero-order valence-corrected chi connectivity index (χ0v) is 47.5. The highest BCUT2D eigenvalue weighted by molar-refractivity contribution is 5.75. The van der Waals surface area contributed by atoms with Gasteiger partial charge in [-0.3, -0.25) is 14.4 Å². The van der Waals surface area contributed by atoms with Gasteiger partial charge in [0.2, 0.25) is 0 Å². The molecule has 1 unspecified atom stereocenters. The van der Waals surface area contributed by atoms with Gasteiger partial charge in [0, 0.05) is 19.3 Å². The van der Waals surface area contributed by atoms with Crippen LogP contribution in [-0.2, 0) is 57.0 Å². The third-order valence-electron chi connectivity index (χ3n) is 7.05. The van der Waals surface area contributed by atoms with Crippen LogP contribution in [0.1, 0.15) is 222 Å². The summed E-state index contributed by atoms with van der Waals surface area (Å²) in [5, 5.41) is 0. The quantitative estimate of drug-likeness (QED) is 0.174. The molecule has 0 aromatic carbocycles. The number of rotatable bonds is 8. The van der Waals surface area contributed by atoms with Crippen molar-refractivity contribution < 1.29 is 80.2 Å². The Labute approximate surface area is 416 Å². The van der Waals surface area contributed by atoms with Crippen molar-refractivity contribution >= 4 is 36.4 Å². The van der Waals surface area contributed by atoms with E-state index in [0.29, 0.717) is 17.9 Å². The fourth-order valence-electron chi connectivity index (χ4n) is 4.46. The normalized spacial score (nSPS) is 13.5. The van der Waals surface area contributed by atoms with E-state index in [0.717, 1.165) is 19.3 Å². The average Bonchev–Trinajstić information content (AvgIpc) is 3.76. The zero-order chi connectivity index (χ0) is 55.6. The molecular weight excluding hydrogens is 901 g/mol. The van der Waals surface area contributed by atoms with E-state index in [1.165, 1.54) is 33.3 Å². The van der Waals surface area contributed by atoms with E-state index in [-0.39, 0.29) is 78.1 Å². The highest BCUT2D eigenvalue weighted by atomic mass is 16.7. The third-order valence-corrected chi connectivity index (χ3v) is 7.05. The molecule has 0 bridgehead atoms. The zero-order valence-electron chi connectivity index (χ0n) is 47.5. The molecule has 0 amide bonds. The maximum atomic E-state index is 11.1. The Morgan fingerprint density at radius 1 is 0.565 bits per heavy atom. The van der Waals surface area contributed by atoms with E-state index < -0.39 is 24.3 Å².